The molecule has 1 aromatic rings. The van der Waals surface area contributed by atoms with Crippen molar-refractivity contribution in [2.75, 3.05) is 19.8 Å². The van der Waals surface area contributed by atoms with Gasteiger partial charge in [-0.2, -0.15) is 0 Å². The van der Waals surface area contributed by atoms with Crippen molar-refractivity contribution in [2.45, 2.75) is 32.7 Å². The fourth-order valence-corrected chi connectivity index (χ4v) is 1.80. The van der Waals surface area contributed by atoms with Crippen LogP contribution in [0.15, 0.2) is 24.3 Å². The molecular formula is C14H22FNO. The number of halogens is 1. The van der Waals surface area contributed by atoms with Gasteiger partial charge in [-0.25, -0.2) is 4.39 Å². The molecule has 0 aliphatic carbocycles. The van der Waals surface area contributed by atoms with E-state index in [9.17, 15) is 4.39 Å². The van der Waals surface area contributed by atoms with Gasteiger partial charge in [-0.15, -0.1) is 0 Å². The van der Waals surface area contributed by atoms with Gasteiger partial charge in [0.05, 0.1) is 0 Å². The van der Waals surface area contributed by atoms with Gasteiger partial charge in [0, 0.05) is 19.3 Å². The molecule has 0 heterocycles. The van der Waals surface area contributed by atoms with E-state index in [4.69, 9.17) is 4.74 Å². The van der Waals surface area contributed by atoms with Crippen LogP contribution >= 0.6 is 0 Å². The Morgan fingerprint density at radius 1 is 1.29 bits per heavy atom. The molecule has 0 aliphatic heterocycles. The summed E-state index contributed by atoms with van der Waals surface area (Å²) >= 11 is 0. The highest BCUT2D eigenvalue weighted by molar-refractivity contribution is 5.20. The minimum atomic E-state index is -0.181. The highest BCUT2D eigenvalue weighted by Gasteiger charge is 2.10. The van der Waals surface area contributed by atoms with Gasteiger partial charge in [-0.1, -0.05) is 26.0 Å². The molecule has 0 saturated heterocycles. The molecule has 1 rings (SSSR count). The predicted molar refractivity (Wildman–Crippen MR) is 68.5 cm³/mol. The number of hydrogen-bond donors (Lipinski definition) is 1. The fourth-order valence-electron chi connectivity index (χ4n) is 1.80. The van der Waals surface area contributed by atoms with Gasteiger partial charge < -0.3 is 10.1 Å². The first kappa shape index (κ1) is 14.1. The molecule has 17 heavy (non-hydrogen) atoms. The number of ether oxygens (including phenoxy) is 1. The second kappa shape index (κ2) is 8.20. The van der Waals surface area contributed by atoms with E-state index < -0.39 is 0 Å². The van der Waals surface area contributed by atoms with E-state index in [0.29, 0.717) is 6.61 Å². The van der Waals surface area contributed by atoms with E-state index in [-0.39, 0.29) is 11.9 Å². The molecule has 1 N–H and O–H groups in total. The second-order valence-electron chi connectivity index (χ2n) is 4.07. The van der Waals surface area contributed by atoms with Crippen molar-refractivity contribution in [1.29, 1.82) is 0 Å². The minimum absolute atomic E-state index is 0.174. The van der Waals surface area contributed by atoms with Crippen LogP contribution in [0.1, 0.15) is 38.3 Å². The summed E-state index contributed by atoms with van der Waals surface area (Å²) in [6.45, 7) is 6.52. The number of rotatable bonds is 8. The lowest BCUT2D eigenvalue weighted by atomic mass is 10.0. The van der Waals surface area contributed by atoms with E-state index >= 15 is 0 Å². The van der Waals surface area contributed by atoms with Gasteiger partial charge >= 0.3 is 0 Å². The molecule has 2 nitrogen and oxygen atoms in total. The summed E-state index contributed by atoms with van der Waals surface area (Å²) in [5, 5.41) is 3.36. The molecular weight excluding hydrogens is 217 g/mol. The van der Waals surface area contributed by atoms with E-state index in [0.717, 1.165) is 31.6 Å². The Hall–Kier alpha value is -0.930. The molecule has 3 heteroatoms. The maximum Gasteiger partial charge on any atom is 0.123 e. The van der Waals surface area contributed by atoms with Crippen molar-refractivity contribution >= 4 is 0 Å². The van der Waals surface area contributed by atoms with Gasteiger partial charge in [0.15, 0.2) is 0 Å². The molecule has 0 saturated carbocycles. The summed E-state index contributed by atoms with van der Waals surface area (Å²) in [6, 6.07) is 6.94. The number of nitrogens with one attached hydrogen (secondary N) is 1. The van der Waals surface area contributed by atoms with E-state index in [2.05, 4.69) is 19.2 Å². The van der Waals surface area contributed by atoms with Crippen LogP contribution in [0.4, 0.5) is 4.39 Å². The zero-order chi connectivity index (χ0) is 12.5. The van der Waals surface area contributed by atoms with E-state index in [1.807, 2.05) is 6.07 Å². The van der Waals surface area contributed by atoms with Crippen LogP contribution in [-0.2, 0) is 4.74 Å². The molecule has 0 amide bonds. The quantitative estimate of drug-likeness (QED) is 0.703. The van der Waals surface area contributed by atoms with Crippen molar-refractivity contribution in [3.8, 4) is 0 Å². The van der Waals surface area contributed by atoms with Crippen LogP contribution in [0.5, 0.6) is 0 Å². The monoisotopic (exact) mass is 239 g/mol. The second-order valence-corrected chi connectivity index (χ2v) is 4.07. The number of benzene rings is 1. The average molecular weight is 239 g/mol. The maximum atomic E-state index is 13.2. The van der Waals surface area contributed by atoms with Crippen molar-refractivity contribution in [1.82, 2.24) is 5.32 Å². The third-order valence-corrected chi connectivity index (χ3v) is 2.60. The average Bonchev–Trinajstić information content (AvgIpc) is 2.33. The molecule has 0 aliphatic rings. The molecule has 0 aromatic heterocycles. The Kier molecular flexibility index (Phi) is 6.82. The van der Waals surface area contributed by atoms with Crippen molar-refractivity contribution < 1.29 is 9.13 Å². The Morgan fingerprint density at radius 3 is 2.76 bits per heavy atom. The Balaban J connectivity index is 2.52. The summed E-state index contributed by atoms with van der Waals surface area (Å²) in [6.07, 6.45) is 1.91. The van der Waals surface area contributed by atoms with Crippen LogP contribution in [0.25, 0.3) is 0 Å². The Bertz CT molecular complexity index is 317. The summed E-state index contributed by atoms with van der Waals surface area (Å²) in [7, 11) is 0. The summed E-state index contributed by atoms with van der Waals surface area (Å²) in [4.78, 5) is 0. The van der Waals surface area contributed by atoms with Crippen LogP contribution < -0.4 is 5.32 Å². The highest BCUT2D eigenvalue weighted by atomic mass is 19.1. The van der Waals surface area contributed by atoms with Gasteiger partial charge in [-0.05, 0) is 37.1 Å². The van der Waals surface area contributed by atoms with Gasteiger partial charge in [0.1, 0.15) is 5.82 Å². The SMILES string of the molecule is CCCOCCC(NCC)c1cccc(F)c1. The van der Waals surface area contributed by atoms with Gasteiger partial charge in [0.25, 0.3) is 0 Å². The normalized spacial score (nSPS) is 12.6. The van der Waals surface area contributed by atoms with Crippen LogP contribution in [-0.4, -0.2) is 19.8 Å². The molecule has 0 spiro atoms. The van der Waals surface area contributed by atoms with E-state index in [1.54, 1.807) is 12.1 Å². The standard InChI is InChI=1S/C14H22FNO/c1-3-9-17-10-8-14(16-4-2)12-6-5-7-13(15)11-12/h5-7,11,14,16H,3-4,8-10H2,1-2H3. The lowest BCUT2D eigenvalue weighted by Gasteiger charge is -2.18. The van der Waals surface area contributed by atoms with Crippen LogP contribution in [0.3, 0.4) is 0 Å². The number of hydrogen-bond acceptors (Lipinski definition) is 2. The van der Waals surface area contributed by atoms with Crippen LogP contribution in [0.2, 0.25) is 0 Å². The fraction of sp³-hybridized carbons (Fsp3) is 0.571. The van der Waals surface area contributed by atoms with Gasteiger partial charge in [-0.3, -0.25) is 0 Å². The molecule has 0 fully saturated rings. The molecule has 1 unspecified atom stereocenters. The molecule has 0 bridgehead atoms. The third kappa shape index (κ3) is 5.29. The summed E-state index contributed by atoms with van der Waals surface area (Å²) < 4.78 is 18.6. The maximum absolute atomic E-state index is 13.2. The summed E-state index contributed by atoms with van der Waals surface area (Å²) in [5.74, 6) is -0.181. The smallest absolute Gasteiger partial charge is 0.123 e. The van der Waals surface area contributed by atoms with Crippen molar-refractivity contribution in [2.24, 2.45) is 0 Å². The predicted octanol–water partition coefficient (Wildman–Crippen LogP) is 3.29. The first-order valence-electron chi connectivity index (χ1n) is 6.34. The Labute approximate surface area is 103 Å². The third-order valence-electron chi connectivity index (χ3n) is 2.60. The summed E-state index contributed by atoms with van der Waals surface area (Å²) in [5.41, 5.74) is 0.993. The van der Waals surface area contributed by atoms with Crippen LogP contribution in [0, 0.1) is 5.82 Å². The first-order valence-corrected chi connectivity index (χ1v) is 6.34. The highest BCUT2D eigenvalue weighted by Crippen LogP contribution is 2.17. The molecule has 96 valence electrons. The molecule has 0 radical (unpaired) electrons. The largest absolute Gasteiger partial charge is 0.381 e. The molecule has 1 atom stereocenters. The lowest BCUT2D eigenvalue weighted by molar-refractivity contribution is 0.124. The van der Waals surface area contributed by atoms with Gasteiger partial charge in [0.2, 0.25) is 0 Å². The first-order chi connectivity index (χ1) is 8.27. The van der Waals surface area contributed by atoms with Crippen molar-refractivity contribution in [3.05, 3.63) is 35.6 Å². The topological polar surface area (TPSA) is 21.3 Å². The molecule has 1 aromatic carbocycles. The lowest BCUT2D eigenvalue weighted by Crippen LogP contribution is -2.22. The van der Waals surface area contributed by atoms with E-state index in [1.165, 1.54) is 6.07 Å². The van der Waals surface area contributed by atoms with Crippen molar-refractivity contribution in [3.63, 3.8) is 0 Å². The zero-order valence-electron chi connectivity index (χ0n) is 10.7. The Morgan fingerprint density at radius 2 is 2.12 bits per heavy atom. The minimum Gasteiger partial charge on any atom is -0.381 e. The zero-order valence-corrected chi connectivity index (χ0v) is 10.7.